The van der Waals surface area contributed by atoms with Gasteiger partial charge in [0.25, 0.3) is 11.8 Å². The number of methoxy groups -OCH3 is 1. The molecule has 0 aliphatic heterocycles. The van der Waals surface area contributed by atoms with Crippen LogP contribution < -0.4 is 19.4 Å². The van der Waals surface area contributed by atoms with E-state index in [1.54, 1.807) is 24.0 Å². The zero-order valence-corrected chi connectivity index (χ0v) is 37.8. The Morgan fingerprint density at radius 3 is 1.42 bits per heavy atom. The molecule has 0 saturated carbocycles. The van der Waals surface area contributed by atoms with Gasteiger partial charge in [-0.25, -0.2) is 0 Å². The highest BCUT2D eigenvalue weighted by Crippen LogP contribution is 2.42. The fourth-order valence-electron chi connectivity index (χ4n) is 8.26. The van der Waals surface area contributed by atoms with Gasteiger partial charge >= 0.3 is 0 Å². The largest absolute Gasteiger partial charge is 0.494 e. The van der Waals surface area contributed by atoms with Crippen LogP contribution in [0.25, 0.3) is 21.5 Å². The molecule has 0 unspecified atom stereocenters. The minimum Gasteiger partial charge on any atom is -0.494 e. The summed E-state index contributed by atoms with van der Waals surface area (Å²) < 4.78 is 5.91. The number of hydrogen-bond donors (Lipinski definition) is 0. The van der Waals surface area contributed by atoms with Crippen molar-refractivity contribution in [2.45, 2.75) is 33.6 Å². The van der Waals surface area contributed by atoms with E-state index in [-0.39, 0.29) is 11.8 Å². The lowest BCUT2D eigenvalue weighted by Gasteiger charge is -2.22. The van der Waals surface area contributed by atoms with Crippen LogP contribution in [0, 0.1) is 6.92 Å². The number of benzene rings is 8. The number of carbonyl (C=O) groups excluding carboxylic acids is 2. The van der Waals surface area contributed by atoms with E-state index >= 15 is 0 Å². The van der Waals surface area contributed by atoms with E-state index in [1.165, 1.54) is 0 Å². The fraction of sp³-hybridized carbons (Fsp3) is 0.164. The van der Waals surface area contributed by atoms with Crippen LogP contribution in [-0.4, -0.2) is 40.1 Å². The van der Waals surface area contributed by atoms with Crippen molar-refractivity contribution in [1.82, 2.24) is 0 Å². The Hall–Kier alpha value is -7.98. The highest BCUT2D eigenvalue weighted by molar-refractivity contribution is 6.13. The first-order valence-corrected chi connectivity index (χ1v) is 21.7. The van der Waals surface area contributed by atoms with Gasteiger partial charge in [-0.2, -0.15) is 10.2 Å². The van der Waals surface area contributed by atoms with Gasteiger partial charge in [0.1, 0.15) is 5.69 Å². The van der Waals surface area contributed by atoms with Crippen molar-refractivity contribution in [3.63, 3.8) is 0 Å². The lowest BCUT2D eigenvalue weighted by molar-refractivity contribution is 0.0983. The molecular weight excluding hydrogens is 807 g/mol. The number of anilines is 4. The Labute approximate surface area is 380 Å². The second-order valence-corrected chi connectivity index (χ2v) is 15.8. The van der Waals surface area contributed by atoms with Gasteiger partial charge in [-0.05, 0) is 120 Å². The SMILES string of the molecule is CCc1ccccc1N(C)C(=O)c1cc2ccccc2c(N=Nc2ccc(N(C)c3ccc(N=Nc4c(OC)c(C(=O)N(C)c5ccccc5CC)cc5ccccc45)cc3)cc2)c1C. The number of carbonyl (C=O) groups is 2. The van der Waals surface area contributed by atoms with Crippen molar-refractivity contribution in [1.29, 1.82) is 0 Å². The molecule has 0 aliphatic rings. The van der Waals surface area contributed by atoms with Gasteiger partial charge in [0.05, 0.1) is 29.7 Å². The van der Waals surface area contributed by atoms with Crippen molar-refractivity contribution < 1.29 is 14.3 Å². The van der Waals surface area contributed by atoms with Crippen molar-refractivity contribution in [3.8, 4) is 5.75 Å². The van der Waals surface area contributed by atoms with E-state index < -0.39 is 0 Å². The summed E-state index contributed by atoms with van der Waals surface area (Å²) in [4.78, 5) is 33.6. The van der Waals surface area contributed by atoms with Gasteiger partial charge in [-0.1, -0.05) is 98.8 Å². The topological polar surface area (TPSA) is 103 Å². The molecule has 0 fully saturated rings. The van der Waals surface area contributed by atoms with Gasteiger partial charge in [-0.3, -0.25) is 9.59 Å². The molecule has 0 aliphatic carbocycles. The third kappa shape index (κ3) is 8.84. The van der Waals surface area contributed by atoms with Crippen LogP contribution in [-0.2, 0) is 12.8 Å². The van der Waals surface area contributed by atoms with Crippen molar-refractivity contribution in [2.24, 2.45) is 20.5 Å². The normalized spacial score (nSPS) is 11.4. The predicted molar refractivity (Wildman–Crippen MR) is 266 cm³/mol. The maximum Gasteiger partial charge on any atom is 0.261 e. The van der Waals surface area contributed by atoms with Crippen LogP contribution in [0.1, 0.15) is 51.3 Å². The average Bonchev–Trinajstić information content (AvgIpc) is 3.36. The maximum atomic E-state index is 14.1. The lowest BCUT2D eigenvalue weighted by Crippen LogP contribution is -2.27. The molecule has 324 valence electrons. The Morgan fingerprint density at radius 2 is 0.923 bits per heavy atom. The van der Waals surface area contributed by atoms with Crippen LogP contribution >= 0.6 is 0 Å². The van der Waals surface area contributed by atoms with Crippen molar-refractivity contribution in [2.75, 3.05) is 43.0 Å². The molecule has 10 heteroatoms. The minimum absolute atomic E-state index is 0.0980. The molecule has 0 N–H and O–H groups in total. The second-order valence-electron chi connectivity index (χ2n) is 15.8. The third-order valence-corrected chi connectivity index (χ3v) is 12.0. The molecule has 8 aromatic rings. The number of para-hydroxylation sites is 2. The second kappa shape index (κ2) is 19.2. The summed E-state index contributed by atoms with van der Waals surface area (Å²) in [6.07, 6.45) is 1.62. The van der Waals surface area contributed by atoms with Gasteiger partial charge < -0.3 is 19.4 Å². The number of aryl methyl sites for hydroxylation is 2. The summed E-state index contributed by atoms with van der Waals surface area (Å²) in [5, 5.41) is 22.3. The van der Waals surface area contributed by atoms with E-state index in [0.717, 1.165) is 73.8 Å². The first kappa shape index (κ1) is 43.7. The standard InChI is InChI=1S/C55H51N7O3/c1-8-37-18-12-16-24-49(37)61(5)54(63)47-34-39-20-10-14-22-45(39)51(36(47)3)58-56-41-26-30-43(31-27-41)60(4)44-32-28-42(29-33-44)57-59-52-46-23-15-11-21-40(46)35-48(53(52)65-7)55(64)62(6)50-25-17-13-19-38(50)9-2/h10-35H,8-9H2,1-7H3. The Kier molecular flexibility index (Phi) is 12.9. The van der Waals surface area contributed by atoms with Crippen LogP contribution in [0.2, 0.25) is 0 Å². The Balaban J connectivity index is 1.01. The van der Waals surface area contributed by atoms with Gasteiger partial charge in [0, 0.05) is 60.2 Å². The molecule has 0 bridgehead atoms. The molecule has 8 aromatic carbocycles. The summed E-state index contributed by atoms with van der Waals surface area (Å²) in [6, 6.07) is 51.1. The van der Waals surface area contributed by atoms with E-state index in [9.17, 15) is 9.59 Å². The van der Waals surface area contributed by atoms with Gasteiger partial charge in [0.15, 0.2) is 5.75 Å². The number of hydrogen-bond acceptors (Lipinski definition) is 8. The Bertz CT molecular complexity index is 3110. The molecule has 2 amide bonds. The smallest absolute Gasteiger partial charge is 0.261 e. The highest BCUT2D eigenvalue weighted by atomic mass is 16.5. The molecular formula is C55H51N7O3. The van der Waals surface area contributed by atoms with Gasteiger partial charge in [0.2, 0.25) is 0 Å². The molecule has 0 atom stereocenters. The molecule has 0 saturated heterocycles. The number of rotatable bonds is 13. The first-order chi connectivity index (χ1) is 31.6. The molecule has 10 nitrogen and oxygen atoms in total. The van der Waals surface area contributed by atoms with E-state index in [0.29, 0.717) is 39.6 Å². The summed E-state index contributed by atoms with van der Waals surface area (Å²) in [5.74, 6) is 0.0642. The number of fused-ring (bicyclic) bond motifs is 2. The van der Waals surface area contributed by atoms with Crippen LogP contribution in [0.15, 0.2) is 178 Å². The lowest BCUT2D eigenvalue weighted by atomic mass is 9.98. The fourth-order valence-corrected chi connectivity index (χ4v) is 8.26. The minimum atomic E-state index is -0.201. The third-order valence-electron chi connectivity index (χ3n) is 12.0. The molecule has 0 aromatic heterocycles. The summed E-state index contributed by atoms with van der Waals surface area (Å²) in [6.45, 7) is 6.10. The zero-order chi connectivity index (χ0) is 45.6. The van der Waals surface area contributed by atoms with Crippen LogP contribution in [0.3, 0.4) is 0 Å². The molecule has 65 heavy (non-hydrogen) atoms. The van der Waals surface area contributed by atoms with E-state index in [1.807, 2.05) is 173 Å². The molecule has 0 radical (unpaired) electrons. The van der Waals surface area contributed by atoms with E-state index in [4.69, 9.17) is 15.0 Å². The monoisotopic (exact) mass is 857 g/mol. The van der Waals surface area contributed by atoms with E-state index in [2.05, 4.69) is 35.0 Å². The number of ether oxygens (including phenoxy) is 1. The predicted octanol–water partition coefficient (Wildman–Crippen LogP) is 14.6. The maximum absolute atomic E-state index is 14.1. The number of amides is 2. The number of azo groups is 2. The molecule has 0 spiro atoms. The van der Waals surface area contributed by atoms with Crippen LogP contribution in [0.5, 0.6) is 5.75 Å². The summed E-state index contributed by atoms with van der Waals surface area (Å²) in [7, 11) is 7.16. The van der Waals surface area contributed by atoms with Crippen molar-refractivity contribution >= 4 is 78.9 Å². The quantitative estimate of drug-likeness (QED) is 0.108. The van der Waals surface area contributed by atoms with Crippen molar-refractivity contribution in [3.05, 3.63) is 186 Å². The number of nitrogens with zero attached hydrogens (tertiary/aromatic N) is 7. The highest BCUT2D eigenvalue weighted by Gasteiger charge is 2.25. The molecule has 8 rings (SSSR count). The first-order valence-electron chi connectivity index (χ1n) is 21.7. The Morgan fingerprint density at radius 1 is 0.508 bits per heavy atom. The summed E-state index contributed by atoms with van der Waals surface area (Å²) in [5.41, 5.74) is 10.0. The molecule has 0 heterocycles. The van der Waals surface area contributed by atoms with Gasteiger partial charge in [-0.15, -0.1) is 10.2 Å². The zero-order valence-electron chi connectivity index (χ0n) is 37.8. The average molecular weight is 858 g/mol. The van der Waals surface area contributed by atoms with Crippen LogP contribution in [0.4, 0.5) is 45.5 Å². The summed E-state index contributed by atoms with van der Waals surface area (Å²) >= 11 is 0.